The fourth-order valence-electron chi connectivity index (χ4n) is 2.31. The standard InChI is InChI=1S/C16H26O4/c1-13-10-11-14(17)8-6-4-5-7-9-15(19-3)16(13)20-12-18-2/h6-9,13,15-16H,4-5,10-12H2,1-3H3/b8-6+,9-7+/t13-,15+,16+/m1/s1. The van der Waals surface area contributed by atoms with Gasteiger partial charge in [0.25, 0.3) is 0 Å². The first-order chi connectivity index (χ1) is 9.69. The Balaban J connectivity index is 2.80. The van der Waals surface area contributed by atoms with E-state index in [1.54, 1.807) is 20.3 Å². The second-order valence-corrected chi connectivity index (χ2v) is 5.13. The first kappa shape index (κ1) is 17.1. The molecule has 0 amide bonds. The van der Waals surface area contributed by atoms with Crippen LogP contribution in [0.1, 0.15) is 32.6 Å². The second kappa shape index (κ2) is 9.86. The Labute approximate surface area is 121 Å². The van der Waals surface area contributed by atoms with Gasteiger partial charge < -0.3 is 14.2 Å². The fourth-order valence-corrected chi connectivity index (χ4v) is 2.31. The minimum atomic E-state index is -0.112. The molecule has 114 valence electrons. The first-order valence-electron chi connectivity index (χ1n) is 7.18. The summed E-state index contributed by atoms with van der Waals surface area (Å²) in [5.74, 6) is 0.400. The second-order valence-electron chi connectivity index (χ2n) is 5.13. The molecule has 0 spiro atoms. The van der Waals surface area contributed by atoms with Crippen LogP contribution in [-0.2, 0) is 19.0 Å². The zero-order valence-electron chi connectivity index (χ0n) is 12.7. The van der Waals surface area contributed by atoms with Gasteiger partial charge in [0.1, 0.15) is 12.9 Å². The number of carbonyl (C=O) groups is 1. The number of allylic oxidation sites excluding steroid dienone is 3. The predicted octanol–water partition coefficient (Wildman–Crippen LogP) is 2.88. The zero-order valence-corrected chi connectivity index (χ0v) is 12.7. The van der Waals surface area contributed by atoms with E-state index in [9.17, 15) is 4.79 Å². The summed E-state index contributed by atoms with van der Waals surface area (Å²) in [6.07, 6.45) is 10.7. The van der Waals surface area contributed by atoms with Crippen molar-refractivity contribution >= 4 is 5.78 Å². The topological polar surface area (TPSA) is 44.8 Å². The smallest absolute Gasteiger partial charge is 0.155 e. The van der Waals surface area contributed by atoms with Gasteiger partial charge in [0.2, 0.25) is 0 Å². The molecule has 0 fully saturated rings. The summed E-state index contributed by atoms with van der Waals surface area (Å²) >= 11 is 0. The zero-order chi connectivity index (χ0) is 14.8. The molecule has 1 rings (SSSR count). The Hall–Kier alpha value is -0.970. The van der Waals surface area contributed by atoms with Gasteiger partial charge in [-0.05, 0) is 31.3 Å². The van der Waals surface area contributed by atoms with Crippen molar-refractivity contribution in [2.45, 2.75) is 44.8 Å². The van der Waals surface area contributed by atoms with Gasteiger partial charge in [0.05, 0.1) is 6.10 Å². The summed E-state index contributed by atoms with van der Waals surface area (Å²) in [4.78, 5) is 11.7. The Bertz CT molecular complexity index is 335. The van der Waals surface area contributed by atoms with E-state index in [0.717, 1.165) is 19.3 Å². The monoisotopic (exact) mass is 282 g/mol. The van der Waals surface area contributed by atoms with Crippen LogP contribution in [0.15, 0.2) is 24.3 Å². The molecule has 0 unspecified atom stereocenters. The minimum Gasteiger partial charge on any atom is -0.375 e. The van der Waals surface area contributed by atoms with Crippen LogP contribution in [0.3, 0.4) is 0 Å². The van der Waals surface area contributed by atoms with Crippen molar-refractivity contribution in [1.29, 1.82) is 0 Å². The lowest BCUT2D eigenvalue weighted by Crippen LogP contribution is -2.36. The van der Waals surface area contributed by atoms with Gasteiger partial charge >= 0.3 is 0 Å². The van der Waals surface area contributed by atoms with Gasteiger partial charge in [-0.1, -0.05) is 25.2 Å². The summed E-state index contributed by atoms with van der Waals surface area (Å²) in [5, 5.41) is 0. The molecule has 20 heavy (non-hydrogen) atoms. The molecule has 1 aliphatic rings. The number of hydrogen-bond donors (Lipinski definition) is 0. The Morgan fingerprint density at radius 2 is 2.00 bits per heavy atom. The van der Waals surface area contributed by atoms with Gasteiger partial charge in [-0.2, -0.15) is 0 Å². The predicted molar refractivity (Wildman–Crippen MR) is 78.5 cm³/mol. The summed E-state index contributed by atoms with van der Waals surface area (Å²) in [5.41, 5.74) is 0. The van der Waals surface area contributed by atoms with Crippen molar-refractivity contribution in [3.8, 4) is 0 Å². The maximum Gasteiger partial charge on any atom is 0.155 e. The van der Waals surface area contributed by atoms with Gasteiger partial charge in [-0.3, -0.25) is 4.79 Å². The summed E-state index contributed by atoms with van der Waals surface area (Å²) < 4.78 is 16.3. The lowest BCUT2D eigenvalue weighted by molar-refractivity contribution is -0.129. The highest BCUT2D eigenvalue weighted by molar-refractivity contribution is 5.89. The van der Waals surface area contributed by atoms with E-state index in [0.29, 0.717) is 6.42 Å². The number of carbonyl (C=O) groups excluding carboxylic acids is 1. The molecule has 0 aromatic carbocycles. The highest BCUT2D eigenvalue weighted by Crippen LogP contribution is 2.21. The van der Waals surface area contributed by atoms with Crippen LogP contribution in [0.2, 0.25) is 0 Å². The summed E-state index contributed by atoms with van der Waals surface area (Å²) in [7, 11) is 3.29. The van der Waals surface area contributed by atoms with Crippen molar-refractivity contribution in [3.63, 3.8) is 0 Å². The molecule has 4 nitrogen and oxygen atoms in total. The lowest BCUT2D eigenvalue weighted by atomic mass is 9.92. The van der Waals surface area contributed by atoms with Gasteiger partial charge in [-0.25, -0.2) is 0 Å². The van der Waals surface area contributed by atoms with E-state index in [4.69, 9.17) is 14.2 Å². The van der Waals surface area contributed by atoms with Crippen LogP contribution in [0, 0.1) is 5.92 Å². The maximum atomic E-state index is 11.7. The Kier molecular flexibility index (Phi) is 8.42. The van der Waals surface area contributed by atoms with Crippen LogP contribution in [0.25, 0.3) is 0 Å². The van der Waals surface area contributed by atoms with E-state index in [-0.39, 0.29) is 30.7 Å². The molecular weight excluding hydrogens is 256 g/mol. The number of methoxy groups -OCH3 is 2. The van der Waals surface area contributed by atoms with Crippen molar-refractivity contribution in [1.82, 2.24) is 0 Å². The first-order valence-corrected chi connectivity index (χ1v) is 7.18. The fraction of sp³-hybridized carbons (Fsp3) is 0.688. The van der Waals surface area contributed by atoms with Crippen LogP contribution < -0.4 is 0 Å². The average molecular weight is 282 g/mol. The molecule has 0 saturated heterocycles. The molecular formula is C16H26O4. The number of rotatable bonds is 4. The third-order valence-electron chi connectivity index (χ3n) is 3.51. The third kappa shape index (κ3) is 5.99. The minimum absolute atomic E-state index is 0.104. The molecule has 3 atom stereocenters. The van der Waals surface area contributed by atoms with Crippen LogP contribution in [-0.4, -0.2) is 39.0 Å². The molecule has 1 aliphatic carbocycles. The largest absolute Gasteiger partial charge is 0.375 e. The molecule has 0 aromatic rings. The normalized spacial score (nSPS) is 32.1. The number of hydrogen-bond acceptors (Lipinski definition) is 4. The molecule has 0 heterocycles. The number of ether oxygens (including phenoxy) is 3. The van der Waals surface area contributed by atoms with E-state index in [2.05, 4.69) is 13.0 Å². The summed E-state index contributed by atoms with van der Waals surface area (Å²) in [6, 6.07) is 0. The molecule has 0 N–H and O–H groups in total. The van der Waals surface area contributed by atoms with Crippen molar-refractivity contribution in [3.05, 3.63) is 24.3 Å². The van der Waals surface area contributed by atoms with Gasteiger partial charge in [0, 0.05) is 20.6 Å². The molecule has 0 bridgehead atoms. The molecule has 0 aliphatic heterocycles. The van der Waals surface area contributed by atoms with Crippen molar-refractivity contribution < 1.29 is 19.0 Å². The quantitative estimate of drug-likeness (QED) is 0.587. The lowest BCUT2D eigenvalue weighted by Gasteiger charge is -2.29. The third-order valence-corrected chi connectivity index (χ3v) is 3.51. The molecule has 0 radical (unpaired) electrons. The van der Waals surface area contributed by atoms with E-state index in [1.807, 2.05) is 12.2 Å². The highest BCUT2D eigenvalue weighted by Gasteiger charge is 2.26. The molecule has 0 aromatic heterocycles. The Morgan fingerprint density at radius 1 is 1.25 bits per heavy atom. The van der Waals surface area contributed by atoms with Gasteiger partial charge in [0.15, 0.2) is 5.78 Å². The van der Waals surface area contributed by atoms with Crippen LogP contribution in [0.4, 0.5) is 0 Å². The van der Waals surface area contributed by atoms with Crippen molar-refractivity contribution in [2.75, 3.05) is 21.0 Å². The van der Waals surface area contributed by atoms with Crippen molar-refractivity contribution in [2.24, 2.45) is 5.92 Å². The van der Waals surface area contributed by atoms with E-state index >= 15 is 0 Å². The van der Waals surface area contributed by atoms with Gasteiger partial charge in [-0.15, -0.1) is 0 Å². The van der Waals surface area contributed by atoms with E-state index < -0.39 is 0 Å². The molecule has 0 saturated carbocycles. The van der Waals surface area contributed by atoms with E-state index in [1.165, 1.54) is 0 Å². The maximum absolute atomic E-state index is 11.7. The summed E-state index contributed by atoms with van der Waals surface area (Å²) in [6.45, 7) is 2.32. The average Bonchev–Trinajstić information content (AvgIpc) is 2.45. The SMILES string of the molecule is COCO[C@H]1[C@H](C)CCC(=O)/C=C/CC/C=C/[C@@H]1OC. The van der Waals surface area contributed by atoms with Crippen LogP contribution in [0.5, 0.6) is 0 Å². The van der Waals surface area contributed by atoms with Crippen LogP contribution >= 0.6 is 0 Å². The number of ketones is 1. The highest BCUT2D eigenvalue weighted by atomic mass is 16.7. The Morgan fingerprint density at radius 3 is 2.70 bits per heavy atom. The molecule has 4 heteroatoms.